The zero-order valence-corrected chi connectivity index (χ0v) is 33.3. The fourth-order valence-corrected chi connectivity index (χ4v) is 10.4. The van der Waals surface area contributed by atoms with Crippen molar-refractivity contribution in [1.29, 1.82) is 0 Å². The maximum atomic E-state index is 2.50. The topological polar surface area (TPSA) is 4.93 Å². The van der Waals surface area contributed by atoms with Gasteiger partial charge in [0.2, 0.25) is 0 Å². The molecule has 0 spiro atoms. The second kappa shape index (κ2) is 13.3. The van der Waals surface area contributed by atoms with Crippen LogP contribution in [-0.4, -0.2) is 4.57 Å². The van der Waals surface area contributed by atoms with Gasteiger partial charge in [0.25, 0.3) is 0 Å². The van der Waals surface area contributed by atoms with Crippen molar-refractivity contribution in [1.82, 2.24) is 4.57 Å². The lowest BCUT2D eigenvalue weighted by Gasteiger charge is -2.15. The van der Waals surface area contributed by atoms with E-state index in [1.165, 1.54) is 120 Å². The highest BCUT2D eigenvalue weighted by atomic mass is 15.0. The highest BCUT2D eigenvalue weighted by molar-refractivity contribution is 6.26. The zero-order valence-electron chi connectivity index (χ0n) is 33.3. The van der Waals surface area contributed by atoms with Crippen LogP contribution >= 0.6 is 0 Å². The van der Waals surface area contributed by atoms with Gasteiger partial charge in [0.1, 0.15) is 0 Å². The van der Waals surface area contributed by atoms with E-state index in [0.717, 1.165) is 5.69 Å². The number of rotatable bonds is 5. The lowest BCUT2D eigenvalue weighted by molar-refractivity contribution is 1.18. The summed E-state index contributed by atoms with van der Waals surface area (Å²) in [5.41, 5.74) is 13.5. The third-order valence-corrected chi connectivity index (χ3v) is 13.1. The van der Waals surface area contributed by atoms with Crippen LogP contribution in [0.4, 0.5) is 0 Å². The van der Waals surface area contributed by atoms with Crippen LogP contribution in [0.1, 0.15) is 0 Å². The molecule has 0 bridgehead atoms. The molecule has 0 radical (unpaired) electrons. The summed E-state index contributed by atoms with van der Waals surface area (Å²) >= 11 is 0. The molecule has 282 valence electrons. The van der Waals surface area contributed by atoms with Crippen molar-refractivity contribution in [3.8, 4) is 50.2 Å². The van der Waals surface area contributed by atoms with Gasteiger partial charge in [-0.25, -0.2) is 0 Å². The van der Waals surface area contributed by atoms with Crippen LogP contribution in [0.5, 0.6) is 0 Å². The monoisotopic (exact) mass is 771 g/mol. The van der Waals surface area contributed by atoms with Crippen LogP contribution in [0.3, 0.4) is 0 Å². The van der Waals surface area contributed by atoms with Gasteiger partial charge in [0.15, 0.2) is 0 Å². The minimum Gasteiger partial charge on any atom is -0.309 e. The van der Waals surface area contributed by atoms with Gasteiger partial charge in [-0.15, -0.1) is 0 Å². The predicted octanol–water partition coefficient (Wildman–Crippen LogP) is 16.7. The van der Waals surface area contributed by atoms with Gasteiger partial charge < -0.3 is 4.57 Å². The number of nitrogens with zero attached hydrogens (tertiary/aromatic N) is 1. The number of benzene rings is 12. The Morgan fingerprint density at radius 1 is 0.230 bits per heavy atom. The number of aromatic nitrogens is 1. The Hall–Kier alpha value is -8.00. The molecule has 13 rings (SSSR count). The number of hydrogen-bond donors (Lipinski definition) is 0. The van der Waals surface area contributed by atoms with E-state index in [1.54, 1.807) is 0 Å². The van der Waals surface area contributed by atoms with Crippen LogP contribution in [0, 0.1) is 0 Å². The number of para-hydroxylation sites is 1. The predicted molar refractivity (Wildman–Crippen MR) is 261 cm³/mol. The van der Waals surface area contributed by atoms with Crippen LogP contribution < -0.4 is 0 Å². The molecule has 0 saturated heterocycles. The van der Waals surface area contributed by atoms with Crippen molar-refractivity contribution in [2.45, 2.75) is 0 Å². The van der Waals surface area contributed by atoms with Crippen molar-refractivity contribution in [2.75, 3.05) is 0 Å². The molecule has 0 atom stereocenters. The van der Waals surface area contributed by atoms with Gasteiger partial charge in [0, 0.05) is 16.5 Å². The van der Waals surface area contributed by atoms with Crippen molar-refractivity contribution in [2.24, 2.45) is 0 Å². The van der Waals surface area contributed by atoms with E-state index in [1.807, 2.05) is 0 Å². The van der Waals surface area contributed by atoms with Crippen LogP contribution in [0.25, 0.3) is 126 Å². The Labute approximate surface area is 353 Å². The molecule has 13 aromatic rings. The lowest BCUT2D eigenvalue weighted by atomic mass is 9.88. The van der Waals surface area contributed by atoms with Gasteiger partial charge in [-0.2, -0.15) is 0 Å². The SMILES string of the molecule is c1ccc(-n2c3cc(-c4ccc(-c5cccc6ccccc56)c5ccccc45)cc4ccc5cc(-c6ccc(-c7cccc8ccccc78)c7ccccc67)cc2c5c43)cc1. The normalized spacial score (nSPS) is 11.9. The van der Waals surface area contributed by atoms with Gasteiger partial charge >= 0.3 is 0 Å². The van der Waals surface area contributed by atoms with Crippen LogP contribution in [0.2, 0.25) is 0 Å². The fourth-order valence-electron chi connectivity index (χ4n) is 10.4. The number of hydrogen-bond acceptors (Lipinski definition) is 0. The Kier molecular flexibility index (Phi) is 7.37. The van der Waals surface area contributed by atoms with Crippen molar-refractivity contribution in [3.63, 3.8) is 0 Å². The largest absolute Gasteiger partial charge is 0.309 e. The summed E-state index contributed by atoms with van der Waals surface area (Å²) in [6.07, 6.45) is 0. The summed E-state index contributed by atoms with van der Waals surface area (Å²) in [4.78, 5) is 0. The third-order valence-electron chi connectivity index (χ3n) is 13.1. The molecule has 0 saturated carbocycles. The Morgan fingerprint density at radius 3 is 1.07 bits per heavy atom. The summed E-state index contributed by atoms with van der Waals surface area (Å²) in [6, 6.07) is 83.1. The summed E-state index contributed by atoms with van der Waals surface area (Å²) in [5, 5.41) is 15.2. The first kappa shape index (κ1) is 33.9. The van der Waals surface area contributed by atoms with E-state index in [-0.39, 0.29) is 0 Å². The van der Waals surface area contributed by atoms with E-state index >= 15 is 0 Å². The maximum Gasteiger partial charge on any atom is 0.0553 e. The first-order valence-electron chi connectivity index (χ1n) is 21.2. The lowest BCUT2D eigenvalue weighted by Crippen LogP contribution is -1.94. The van der Waals surface area contributed by atoms with Gasteiger partial charge in [-0.3, -0.25) is 0 Å². The summed E-state index contributed by atoms with van der Waals surface area (Å²) < 4.78 is 2.50. The highest BCUT2D eigenvalue weighted by Crippen LogP contribution is 2.46. The van der Waals surface area contributed by atoms with E-state index in [4.69, 9.17) is 0 Å². The molecule has 0 unspecified atom stereocenters. The molecule has 1 aromatic heterocycles. The molecule has 0 fully saturated rings. The molecule has 0 aliphatic heterocycles. The van der Waals surface area contributed by atoms with E-state index in [2.05, 4.69) is 229 Å². The smallest absolute Gasteiger partial charge is 0.0553 e. The average Bonchev–Trinajstić information content (AvgIpc) is 3.67. The third kappa shape index (κ3) is 5.14. The van der Waals surface area contributed by atoms with Crippen molar-refractivity contribution < 1.29 is 0 Å². The molecular weight excluding hydrogens is 735 g/mol. The van der Waals surface area contributed by atoms with Gasteiger partial charge in [-0.1, -0.05) is 188 Å². The number of fused-ring (bicyclic) bond motifs is 4. The maximum absolute atomic E-state index is 2.50. The van der Waals surface area contributed by atoms with Crippen molar-refractivity contribution in [3.05, 3.63) is 224 Å². The second-order valence-corrected chi connectivity index (χ2v) is 16.4. The molecule has 0 N–H and O–H groups in total. The first-order chi connectivity index (χ1) is 30.3. The van der Waals surface area contributed by atoms with Crippen LogP contribution in [-0.2, 0) is 0 Å². The zero-order chi connectivity index (χ0) is 40.0. The van der Waals surface area contributed by atoms with E-state index in [0.29, 0.717) is 0 Å². The molecule has 0 aliphatic carbocycles. The van der Waals surface area contributed by atoms with E-state index < -0.39 is 0 Å². The first-order valence-corrected chi connectivity index (χ1v) is 21.2. The molecule has 0 amide bonds. The second-order valence-electron chi connectivity index (χ2n) is 16.4. The Morgan fingerprint density at radius 2 is 0.590 bits per heavy atom. The van der Waals surface area contributed by atoms with Crippen molar-refractivity contribution >= 4 is 75.7 Å². The Bertz CT molecular complexity index is 3620. The minimum absolute atomic E-state index is 1.16. The molecule has 61 heavy (non-hydrogen) atoms. The molecule has 1 heterocycles. The standard InChI is InChI=1S/C60H37N/c1-2-18-44(19-3-1)61-57-36-42(47-30-32-55(53-24-10-8-22-49(47)53)51-26-12-16-38-14-4-6-20-45(38)51)34-40-28-29-41-35-43(37-58(61)60(41)59(40)57)48-31-33-56(54-25-11-9-23-50(48)54)52-27-13-17-39-15-5-7-21-46(39)52/h1-37H. The summed E-state index contributed by atoms with van der Waals surface area (Å²) in [7, 11) is 0. The highest BCUT2D eigenvalue weighted by Gasteiger charge is 2.21. The molecule has 1 nitrogen and oxygen atoms in total. The quantitative estimate of drug-likeness (QED) is 0.154. The Balaban J connectivity index is 1.04. The molecule has 0 aliphatic rings. The van der Waals surface area contributed by atoms with Crippen LogP contribution in [0.15, 0.2) is 224 Å². The van der Waals surface area contributed by atoms with Gasteiger partial charge in [0.05, 0.1) is 11.0 Å². The summed E-state index contributed by atoms with van der Waals surface area (Å²) in [6.45, 7) is 0. The van der Waals surface area contributed by atoms with Gasteiger partial charge in [-0.05, 0) is 135 Å². The minimum atomic E-state index is 1.16. The van der Waals surface area contributed by atoms with E-state index in [9.17, 15) is 0 Å². The molecular formula is C60H37N. The fraction of sp³-hybridized carbons (Fsp3) is 0. The summed E-state index contributed by atoms with van der Waals surface area (Å²) in [5.74, 6) is 0. The molecule has 1 heteroatoms. The molecule has 12 aromatic carbocycles. The average molecular weight is 772 g/mol.